The molecule has 1 unspecified atom stereocenters. The highest BCUT2D eigenvalue weighted by molar-refractivity contribution is 7.90. The summed E-state index contributed by atoms with van der Waals surface area (Å²) in [7, 11) is 1.58. The van der Waals surface area contributed by atoms with Crippen LogP contribution in [0.25, 0.3) is 0 Å². The van der Waals surface area contributed by atoms with Gasteiger partial charge in [-0.15, -0.1) is 4.31 Å². The largest absolute Gasteiger partial charge is 0.597 e. The Morgan fingerprint density at radius 3 is 2.70 bits per heavy atom. The first-order valence-electron chi connectivity index (χ1n) is 6.86. The van der Waals surface area contributed by atoms with Gasteiger partial charge in [-0.25, -0.2) is 4.39 Å². The first kappa shape index (κ1) is 15.6. The number of hydrogen-bond donors (Lipinski definition) is 0. The van der Waals surface area contributed by atoms with Gasteiger partial charge in [-0.05, 0) is 51.8 Å². The molecular formula is C15H22FNO2S. The Hall–Kier alpha value is -0.780. The number of benzene rings is 1. The van der Waals surface area contributed by atoms with Crippen molar-refractivity contribution in [3.8, 4) is 5.75 Å². The summed E-state index contributed by atoms with van der Waals surface area (Å²) in [6.07, 6.45) is 1.84. The highest BCUT2D eigenvalue weighted by Crippen LogP contribution is 2.41. The number of halogens is 1. The third-order valence-electron chi connectivity index (χ3n) is 3.49. The van der Waals surface area contributed by atoms with Crippen molar-refractivity contribution in [1.29, 1.82) is 0 Å². The summed E-state index contributed by atoms with van der Waals surface area (Å²) in [5.74, 6) is 0.378. The smallest absolute Gasteiger partial charge is 0.137 e. The van der Waals surface area contributed by atoms with Crippen molar-refractivity contribution in [1.82, 2.24) is 4.31 Å². The minimum atomic E-state index is -1.10. The number of rotatable bonds is 3. The average molecular weight is 299 g/mol. The van der Waals surface area contributed by atoms with E-state index in [1.165, 1.54) is 12.1 Å². The first-order valence-corrected chi connectivity index (χ1v) is 7.97. The third-order valence-corrected chi connectivity index (χ3v) is 5.40. The van der Waals surface area contributed by atoms with E-state index in [1.54, 1.807) is 13.2 Å². The summed E-state index contributed by atoms with van der Waals surface area (Å²) >= 11 is -1.10. The zero-order chi connectivity index (χ0) is 14.9. The van der Waals surface area contributed by atoms with Crippen LogP contribution in [0.4, 0.5) is 4.39 Å². The van der Waals surface area contributed by atoms with Crippen molar-refractivity contribution in [3.05, 3.63) is 29.6 Å². The molecule has 0 amide bonds. The topological polar surface area (TPSA) is 35.5 Å². The van der Waals surface area contributed by atoms with Gasteiger partial charge in [-0.2, -0.15) is 0 Å². The van der Waals surface area contributed by atoms with Crippen LogP contribution in [0.5, 0.6) is 5.75 Å². The van der Waals surface area contributed by atoms with E-state index in [4.69, 9.17) is 4.74 Å². The second-order valence-corrected chi connectivity index (χ2v) is 8.24. The normalized spacial score (nSPS) is 22.0. The summed E-state index contributed by atoms with van der Waals surface area (Å²) < 4.78 is 33.2. The minimum Gasteiger partial charge on any atom is -0.597 e. The molecule has 1 aromatic rings. The Morgan fingerprint density at radius 1 is 1.40 bits per heavy atom. The SMILES string of the molecule is COc1ccc(F)cc1C1CCCN1[S@@+]([O-])C(C)(C)C. The molecule has 2 atom stereocenters. The van der Waals surface area contributed by atoms with Crippen LogP contribution in [-0.2, 0) is 11.4 Å². The van der Waals surface area contributed by atoms with Crippen molar-refractivity contribution >= 4 is 11.4 Å². The van der Waals surface area contributed by atoms with E-state index in [9.17, 15) is 8.94 Å². The molecule has 1 fully saturated rings. The van der Waals surface area contributed by atoms with Crippen LogP contribution < -0.4 is 4.74 Å². The lowest BCUT2D eigenvalue weighted by Crippen LogP contribution is -2.42. The van der Waals surface area contributed by atoms with Crippen LogP contribution in [0.1, 0.15) is 45.2 Å². The lowest BCUT2D eigenvalue weighted by Gasteiger charge is -2.34. The van der Waals surface area contributed by atoms with Crippen LogP contribution in [0.15, 0.2) is 18.2 Å². The number of nitrogens with zero attached hydrogens (tertiary/aromatic N) is 1. The Balaban J connectivity index is 2.34. The van der Waals surface area contributed by atoms with Crippen LogP contribution in [-0.4, -0.2) is 27.3 Å². The predicted octanol–water partition coefficient (Wildman–Crippen LogP) is 3.43. The molecule has 0 aromatic heterocycles. The molecule has 0 N–H and O–H groups in total. The molecule has 3 nitrogen and oxygen atoms in total. The Labute approximate surface area is 123 Å². The van der Waals surface area contributed by atoms with Crippen LogP contribution in [0, 0.1) is 5.82 Å². The fraction of sp³-hybridized carbons (Fsp3) is 0.600. The summed E-state index contributed by atoms with van der Waals surface area (Å²) in [4.78, 5) is 0. The second kappa shape index (κ2) is 5.92. The zero-order valence-corrected chi connectivity index (χ0v) is 13.3. The molecule has 0 bridgehead atoms. The molecule has 1 aromatic carbocycles. The number of ether oxygens (including phenoxy) is 1. The molecule has 1 aliphatic heterocycles. The van der Waals surface area contributed by atoms with Crippen LogP contribution in [0.2, 0.25) is 0 Å². The van der Waals surface area contributed by atoms with Crippen molar-refractivity contribution in [2.45, 2.75) is 44.4 Å². The molecule has 0 radical (unpaired) electrons. The van der Waals surface area contributed by atoms with Gasteiger partial charge in [-0.1, -0.05) is 0 Å². The fourth-order valence-corrected chi connectivity index (χ4v) is 4.02. The van der Waals surface area contributed by atoms with Gasteiger partial charge in [-0.3, -0.25) is 0 Å². The van der Waals surface area contributed by atoms with Gasteiger partial charge in [0.15, 0.2) is 0 Å². The molecule has 5 heteroatoms. The second-order valence-electron chi connectivity index (χ2n) is 6.05. The highest BCUT2D eigenvalue weighted by atomic mass is 32.2. The molecule has 1 heterocycles. The molecule has 0 spiro atoms. The Bertz CT molecular complexity index is 475. The summed E-state index contributed by atoms with van der Waals surface area (Å²) in [6.45, 7) is 6.65. The average Bonchev–Trinajstić information content (AvgIpc) is 2.85. The van der Waals surface area contributed by atoms with E-state index in [1.807, 2.05) is 25.1 Å². The predicted molar refractivity (Wildman–Crippen MR) is 79.5 cm³/mol. The molecular weight excluding hydrogens is 277 g/mol. The molecule has 20 heavy (non-hydrogen) atoms. The van der Waals surface area contributed by atoms with Crippen molar-refractivity contribution < 1.29 is 13.7 Å². The van der Waals surface area contributed by atoms with Crippen molar-refractivity contribution in [2.75, 3.05) is 13.7 Å². The van der Waals surface area contributed by atoms with Crippen LogP contribution >= 0.6 is 0 Å². The van der Waals surface area contributed by atoms with Gasteiger partial charge in [0, 0.05) is 23.5 Å². The number of methoxy groups -OCH3 is 1. The van der Waals surface area contributed by atoms with Crippen molar-refractivity contribution in [3.63, 3.8) is 0 Å². The van der Waals surface area contributed by atoms with E-state index in [0.29, 0.717) is 5.75 Å². The molecule has 0 aliphatic carbocycles. The van der Waals surface area contributed by atoms with E-state index in [2.05, 4.69) is 0 Å². The van der Waals surface area contributed by atoms with E-state index in [0.717, 1.165) is 24.9 Å². The van der Waals surface area contributed by atoms with Gasteiger partial charge >= 0.3 is 0 Å². The van der Waals surface area contributed by atoms with Gasteiger partial charge < -0.3 is 9.29 Å². The van der Waals surface area contributed by atoms with Crippen molar-refractivity contribution in [2.24, 2.45) is 0 Å². The summed E-state index contributed by atoms with van der Waals surface area (Å²) in [5.41, 5.74) is 0.794. The monoisotopic (exact) mass is 299 g/mol. The van der Waals surface area contributed by atoms with Gasteiger partial charge in [0.2, 0.25) is 0 Å². The van der Waals surface area contributed by atoms with E-state index < -0.39 is 11.4 Å². The quantitative estimate of drug-likeness (QED) is 0.802. The highest BCUT2D eigenvalue weighted by Gasteiger charge is 2.42. The van der Waals surface area contributed by atoms with Gasteiger partial charge in [0.1, 0.15) is 16.3 Å². The van der Waals surface area contributed by atoms with Gasteiger partial charge in [0.25, 0.3) is 0 Å². The van der Waals surface area contributed by atoms with Crippen LogP contribution in [0.3, 0.4) is 0 Å². The minimum absolute atomic E-state index is 0.0410. The standard InChI is InChI=1S/C15H22FNO2S/c1-15(2,3)20(18)17-9-5-6-13(17)12-10-11(16)7-8-14(12)19-4/h7-8,10,13H,5-6,9H2,1-4H3/t13?,20-/m0/s1. The molecule has 2 rings (SSSR count). The van der Waals surface area contributed by atoms with E-state index in [-0.39, 0.29) is 16.6 Å². The lowest BCUT2D eigenvalue weighted by atomic mass is 10.0. The molecule has 1 aliphatic rings. The first-order chi connectivity index (χ1) is 9.34. The summed E-state index contributed by atoms with van der Waals surface area (Å²) in [5, 5.41) is 0. The Morgan fingerprint density at radius 2 is 2.10 bits per heavy atom. The maximum atomic E-state index is 13.5. The third kappa shape index (κ3) is 3.10. The van der Waals surface area contributed by atoms with Gasteiger partial charge in [0.05, 0.1) is 13.2 Å². The maximum absolute atomic E-state index is 13.5. The number of hydrogen-bond acceptors (Lipinski definition) is 3. The molecule has 1 saturated heterocycles. The zero-order valence-electron chi connectivity index (χ0n) is 12.5. The summed E-state index contributed by atoms with van der Waals surface area (Å²) in [6, 6.07) is 4.49. The molecule has 0 saturated carbocycles. The molecule has 112 valence electrons. The Kier molecular flexibility index (Phi) is 4.62. The maximum Gasteiger partial charge on any atom is 0.137 e. The fourth-order valence-electron chi connectivity index (χ4n) is 2.57. The lowest BCUT2D eigenvalue weighted by molar-refractivity contribution is 0.356. The van der Waals surface area contributed by atoms with E-state index >= 15 is 0 Å².